The summed E-state index contributed by atoms with van der Waals surface area (Å²) in [6, 6.07) is 4.71. The van der Waals surface area contributed by atoms with Crippen molar-refractivity contribution in [2.75, 3.05) is 18.0 Å². The van der Waals surface area contributed by atoms with Crippen molar-refractivity contribution in [3.05, 3.63) is 64.2 Å². The summed E-state index contributed by atoms with van der Waals surface area (Å²) in [5, 5.41) is 9.08. The predicted molar refractivity (Wildman–Crippen MR) is 104 cm³/mol. The molecule has 1 aliphatic carbocycles. The monoisotopic (exact) mass is 399 g/mol. The maximum atomic E-state index is 15.6. The smallest absolute Gasteiger partial charge is 0.341 e. The highest BCUT2D eigenvalue weighted by molar-refractivity contribution is 5.94. The summed E-state index contributed by atoms with van der Waals surface area (Å²) < 4.78 is 34.0. The van der Waals surface area contributed by atoms with Gasteiger partial charge >= 0.3 is 5.97 Å². The van der Waals surface area contributed by atoms with Gasteiger partial charge in [0, 0.05) is 37.7 Å². The molecule has 0 bridgehead atoms. The molecule has 0 amide bonds. The fourth-order valence-corrected chi connectivity index (χ4v) is 4.31. The Labute approximate surface area is 164 Å². The summed E-state index contributed by atoms with van der Waals surface area (Å²) in [5.41, 5.74) is -1.80. The number of rotatable bonds is 4. The number of aromatic nitrogens is 2. The number of fused-ring (bicyclic) bond motifs is 1. The van der Waals surface area contributed by atoms with E-state index in [0.717, 1.165) is 18.9 Å². The first kappa shape index (κ1) is 17.9. The molecule has 1 aliphatic heterocycles. The van der Waals surface area contributed by atoms with E-state index in [1.165, 1.54) is 10.8 Å². The second kappa shape index (κ2) is 5.92. The van der Waals surface area contributed by atoms with Crippen LogP contribution >= 0.6 is 0 Å². The minimum absolute atomic E-state index is 0.0199. The average molecular weight is 399 g/mol. The molecule has 1 saturated heterocycles. The van der Waals surface area contributed by atoms with E-state index in [9.17, 15) is 19.1 Å². The first-order valence-electron chi connectivity index (χ1n) is 9.49. The van der Waals surface area contributed by atoms with Crippen molar-refractivity contribution in [1.82, 2.24) is 9.13 Å². The van der Waals surface area contributed by atoms with Crippen molar-refractivity contribution in [2.45, 2.75) is 31.3 Å². The second-order valence-electron chi connectivity index (χ2n) is 8.18. The SMILES string of the molecule is CC1(n2cccc2)CN(c2c(F)cc3c(=O)c(C(=O)O)cn(C4CC4)c3c2F)C1. The molecule has 1 aromatic carbocycles. The minimum atomic E-state index is -1.40. The Hall–Kier alpha value is -3.16. The van der Waals surface area contributed by atoms with Crippen molar-refractivity contribution in [3.63, 3.8) is 0 Å². The van der Waals surface area contributed by atoms with Crippen LogP contribution in [0.25, 0.3) is 10.9 Å². The van der Waals surface area contributed by atoms with Crippen LogP contribution in [0.3, 0.4) is 0 Å². The van der Waals surface area contributed by atoms with Crippen molar-refractivity contribution >= 4 is 22.6 Å². The highest BCUT2D eigenvalue weighted by Crippen LogP contribution is 2.42. The Bertz CT molecular complexity index is 1210. The molecule has 2 fully saturated rings. The Morgan fingerprint density at radius 2 is 1.86 bits per heavy atom. The van der Waals surface area contributed by atoms with E-state index < -0.39 is 28.6 Å². The van der Waals surface area contributed by atoms with E-state index >= 15 is 4.39 Å². The number of hydrogen-bond acceptors (Lipinski definition) is 3. The van der Waals surface area contributed by atoms with Gasteiger partial charge in [0.05, 0.1) is 16.4 Å². The topological polar surface area (TPSA) is 67.5 Å². The van der Waals surface area contributed by atoms with Gasteiger partial charge in [-0.25, -0.2) is 13.6 Å². The number of aromatic carboxylic acids is 1. The summed E-state index contributed by atoms with van der Waals surface area (Å²) in [7, 11) is 0. The van der Waals surface area contributed by atoms with Gasteiger partial charge in [0.1, 0.15) is 17.1 Å². The fourth-order valence-electron chi connectivity index (χ4n) is 4.31. The van der Waals surface area contributed by atoms with Crippen molar-refractivity contribution in [2.24, 2.45) is 0 Å². The van der Waals surface area contributed by atoms with Gasteiger partial charge in [-0.3, -0.25) is 4.79 Å². The predicted octanol–water partition coefficient (Wildman–Crippen LogP) is 3.35. The van der Waals surface area contributed by atoms with Gasteiger partial charge in [-0.05, 0) is 38.0 Å². The number of nitrogens with zero attached hydrogens (tertiary/aromatic N) is 3. The van der Waals surface area contributed by atoms with E-state index in [1.807, 2.05) is 36.0 Å². The maximum absolute atomic E-state index is 15.6. The molecular weight excluding hydrogens is 380 g/mol. The van der Waals surface area contributed by atoms with Gasteiger partial charge < -0.3 is 19.1 Å². The third kappa shape index (κ3) is 2.58. The van der Waals surface area contributed by atoms with Crippen LogP contribution in [0.15, 0.2) is 41.6 Å². The lowest BCUT2D eigenvalue weighted by Gasteiger charge is -2.50. The molecule has 3 heterocycles. The van der Waals surface area contributed by atoms with Gasteiger partial charge in [0.2, 0.25) is 5.43 Å². The van der Waals surface area contributed by atoms with Gasteiger partial charge in [-0.1, -0.05) is 0 Å². The number of halogens is 2. The van der Waals surface area contributed by atoms with E-state index in [4.69, 9.17) is 0 Å². The highest BCUT2D eigenvalue weighted by Gasteiger charge is 2.42. The Kier molecular flexibility index (Phi) is 3.65. The number of carbonyl (C=O) groups is 1. The van der Waals surface area contributed by atoms with Crippen LogP contribution in [0.2, 0.25) is 0 Å². The molecule has 0 radical (unpaired) electrons. The third-order valence-electron chi connectivity index (χ3n) is 5.96. The van der Waals surface area contributed by atoms with Gasteiger partial charge in [-0.15, -0.1) is 0 Å². The third-order valence-corrected chi connectivity index (χ3v) is 5.96. The minimum Gasteiger partial charge on any atom is -0.477 e. The summed E-state index contributed by atoms with van der Waals surface area (Å²) in [6.45, 7) is 2.85. The summed E-state index contributed by atoms with van der Waals surface area (Å²) in [5.74, 6) is -3.07. The Morgan fingerprint density at radius 1 is 1.21 bits per heavy atom. The largest absolute Gasteiger partial charge is 0.477 e. The molecule has 29 heavy (non-hydrogen) atoms. The highest BCUT2D eigenvalue weighted by atomic mass is 19.1. The van der Waals surface area contributed by atoms with Gasteiger partial charge in [0.25, 0.3) is 0 Å². The molecule has 3 aromatic rings. The lowest BCUT2D eigenvalue weighted by molar-refractivity contribution is 0.0694. The number of hydrogen-bond donors (Lipinski definition) is 1. The zero-order chi connectivity index (χ0) is 20.5. The number of pyridine rings is 1. The lowest BCUT2D eigenvalue weighted by atomic mass is 9.90. The number of anilines is 1. The quantitative estimate of drug-likeness (QED) is 0.731. The maximum Gasteiger partial charge on any atom is 0.341 e. The molecule has 8 heteroatoms. The van der Waals surface area contributed by atoms with Crippen LogP contribution in [-0.4, -0.2) is 33.3 Å². The summed E-state index contributed by atoms with van der Waals surface area (Å²) in [4.78, 5) is 25.6. The number of carboxylic acid groups (broad SMARTS) is 1. The van der Waals surface area contributed by atoms with Crippen LogP contribution in [0.4, 0.5) is 14.5 Å². The molecule has 2 aromatic heterocycles. The van der Waals surface area contributed by atoms with Crippen molar-refractivity contribution in [1.29, 1.82) is 0 Å². The van der Waals surface area contributed by atoms with E-state index in [2.05, 4.69) is 0 Å². The second-order valence-corrected chi connectivity index (χ2v) is 8.18. The molecule has 0 unspecified atom stereocenters. The average Bonchev–Trinajstić information content (AvgIpc) is 3.33. The van der Waals surface area contributed by atoms with Crippen LogP contribution in [0.1, 0.15) is 36.2 Å². The number of carboxylic acids is 1. The van der Waals surface area contributed by atoms with Crippen LogP contribution in [0.5, 0.6) is 0 Å². The molecular formula is C21H19F2N3O3. The van der Waals surface area contributed by atoms with Gasteiger partial charge in [0.15, 0.2) is 5.82 Å². The zero-order valence-electron chi connectivity index (χ0n) is 15.7. The molecule has 0 atom stereocenters. The Balaban J connectivity index is 1.65. The Morgan fingerprint density at radius 3 is 2.45 bits per heavy atom. The molecule has 1 saturated carbocycles. The first-order valence-corrected chi connectivity index (χ1v) is 9.49. The fraction of sp³-hybridized carbons (Fsp3) is 0.333. The van der Waals surface area contributed by atoms with Gasteiger partial charge in [-0.2, -0.15) is 0 Å². The number of benzene rings is 1. The molecule has 6 nitrogen and oxygen atoms in total. The van der Waals surface area contributed by atoms with E-state index in [0.29, 0.717) is 13.1 Å². The molecule has 0 spiro atoms. The van der Waals surface area contributed by atoms with Crippen LogP contribution in [0, 0.1) is 11.6 Å². The zero-order valence-corrected chi connectivity index (χ0v) is 15.7. The molecule has 2 aliphatic rings. The normalized spacial score (nSPS) is 18.1. The van der Waals surface area contributed by atoms with Crippen molar-refractivity contribution < 1.29 is 18.7 Å². The van der Waals surface area contributed by atoms with Crippen LogP contribution in [-0.2, 0) is 5.54 Å². The van der Waals surface area contributed by atoms with E-state index in [1.54, 1.807) is 4.90 Å². The van der Waals surface area contributed by atoms with E-state index in [-0.39, 0.29) is 28.2 Å². The standard InChI is InChI=1S/C21H19F2N3O3/c1-21(25-6-2-3-7-25)10-24(11-21)18-15(22)8-13-17(16(18)23)26(12-4-5-12)9-14(19(13)27)20(28)29/h2-3,6-9,12H,4-5,10-11H2,1H3,(H,28,29). The van der Waals surface area contributed by atoms with Crippen molar-refractivity contribution in [3.8, 4) is 0 Å². The molecule has 5 rings (SSSR count). The first-order chi connectivity index (χ1) is 13.8. The van der Waals surface area contributed by atoms with Crippen LogP contribution < -0.4 is 10.3 Å². The lowest BCUT2D eigenvalue weighted by Crippen LogP contribution is -2.61. The summed E-state index contributed by atoms with van der Waals surface area (Å²) in [6.07, 6.45) is 6.55. The summed E-state index contributed by atoms with van der Waals surface area (Å²) >= 11 is 0. The molecule has 1 N–H and O–H groups in total. The molecule has 150 valence electrons.